The zero-order valence-electron chi connectivity index (χ0n) is 10.4. The first-order valence-electron chi connectivity index (χ1n) is 6.20. The molecule has 5 heteroatoms. The predicted molar refractivity (Wildman–Crippen MR) is 67.8 cm³/mol. The topological polar surface area (TPSA) is 71.5 Å². The van der Waals surface area contributed by atoms with Gasteiger partial charge in [0.1, 0.15) is 5.69 Å². The van der Waals surface area contributed by atoms with E-state index in [9.17, 15) is 4.79 Å². The number of nitrogens with one attached hydrogen (secondary N) is 1. The molecular formula is C13H18N2O3. The van der Waals surface area contributed by atoms with Crippen molar-refractivity contribution in [2.24, 2.45) is 5.92 Å². The number of aromatic carboxylic acids is 1. The van der Waals surface area contributed by atoms with Crippen LogP contribution >= 0.6 is 0 Å². The second-order valence-electron chi connectivity index (χ2n) is 4.62. The molecule has 0 amide bonds. The fraction of sp³-hybridized carbons (Fsp3) is 0.538. The van der Waals surface area contributed by atoms with Gasteiger partial charge in [0.05, 0.1) is 0 Å². The molecule has 0 saturated carbocycles. The van der Waals surface area contributed by atoms with Gasteiger partial charge in [-0.15, -0.1) is 0 Å². The van der Waals surface area contributed by atoms with Crippen LogP contribution in [0.15, 0.2) is 18.3 Å². The number of hydrogen-bond donors (Lipinski definition) is 2. The highest BCUT2D eigenvalue weighted by molar-refractivity contribution is 5.86. The SMILES string of the molecule is CC(Nc1ccnc(C(=O)O)c1)C1CCOCC1. The van der Waals surface area contributed by atoms with Crippen molar-refractivity contribution in [1.29, 1.82) is 0 Å². The van der Waals surface area contributed by atoms with Crippen LogP contribution in [0.1, 0.15) is 30.3 Å². The third-order valence-corrected chi connectivity index (χ3v) is 3.35. The molecule has 1 aromatic rings. The lowest BCUT2D eigenvalue weighted by molar-refractivity contribution is 0.0622. The largest absolute Gasteiger partial charge is 0.477 e. The Bertz CT molecular complexity index is 416. The van der Waals surface area contributed by atoms with Crippen LogP contribution in [0.3, 0.4) is 0 Å². The van der Waals surface area contributed by atoms with Gasteiger partial charge < -0.3 is 15.2 Å². The first kappa shape index (κ1) is 12.8. The summed E-state index contributed by atoms with van der Waals surface area (Å²) in [4.78, 5) is 14.6. The van der Waals surface area contributed by atoms with E-state index in [1.807, 2.05) is 0 Å². The van der Waals surface area contributed by atoms with Gasteiger partial charge in [-0.3, -0.25) is 0 Å². The monoisotopic (exact) mass is 250 g/mol. The van der Waals surface area contributed by atoms with E-state index >= 15 is 0 Å². The van der Waals surface area contributed by atoms with Gasteiger partial charge in [0.2, 0.25) is 0 Å². The molecule has 98 valence electrons. The summed E-state index contributed by atoms with van der Waals surface area (Å²) in [6, 6.07) is 3.67. The number of carboxylic acid groups (broad SMARTS) is 1. The maximum Gasteiger partial charge on any atom is 0.354 e. The molecule has 0 spiro atoms. The Labute approximate surface area is 106 Å². The molecule has 5 nitrogen and oxygen atoms in total. The summed E-state index contributed by atoms with van der Waals surface area (Å²) in [5.41, 5.74) is 0.876. The second kappa shape index (κ2) is 5.82. The first-order valence-corrected chi connectivity index (χ1v) is 6.20. The normalized spacial score (nSPS) is 18.3. The molecule has 1 atom stereocenters. The average Bonchev–Trinajstić information content (AvgIpc) is 2.40. The van der Waals surface area contributed by atoms with Gasteiger partial charge in [-0.05, 0) is 37.8 Å². The van der Waals surface area contributed by atoms with Gasteiger partial charge in [-0.2, -0.15) is 0 Å². The van der Waals surface area contributed by atoms with Crippen molar-refractivity contribution in [3.05, 3.63) is 24.0 Å². The number of rotatable bonds is 4. The molecule has 2 heterocycles. The highest BCUT2D eigenvalue weighted by Crippen LogP contribution is 2.21. The molecule has 1 aliphatic rings. The van der Waals surface area contributed by atoms with E-state index < -0.39 is 5.97 Å². The summed E-state index contributed by atoms with van der Waals surface area (Å²) < 4.78 is 5.34. The molecule has 0 aliphatic carbocycles. The zero-order chi connectivity index (χ0) is 13.0. The standard InChI is InChI=1S/C13H18N2O3/c1-9(10-3-6-18-7-4-10)15-11-2-5-14-12(8-11)13(16)17/h2,5,8-10H,3-4,6-7H2,1H3,(H,14,15)(H,16,17). The fourth-order valence-corrected chi connectivity index (χ4v) is 2.23. The van der Waals surface area contributed by atoms with Crippen LogP contribution in [0.4, 0.5) is 5.69 Å². The molecule has 1 aromatic heterocycles. The number of carboxylic acids is 1. The number of nitrogens with zero attached hydrogens (tertiary/aromatic N) is 1. The molecule has 0 radical (unpaired) electrons. The number of aromatic nitrogens is 1. The minimum atomic E-state index is -1.00. The Morgan fingerprint density at radius 1 is 1.56 bits per heavy atom. The van der Waals surface area contributed by atoms with Crippen molar-refractivity contribution in [1.82, 2.24) is 4.98 Å². The quantitative estimate of drug-likeness (QED) is 0.855. The minimum Gasteiger partial charge on any atom is -0.477 e. The maximum atomic E-state index is 10.8. The third-order valence-electron chi connectivity index (χ3n) is 3.35. The predicted octanol–water partition coefficient (Wildman–Crippen LogP) is 2.01. The molecule has 0 aromatic carbocycles. The number of ether oxygens (including phenoxy) is 1. The fourth-order valence-electron chi connectivity index (χ4n) is 2.23. The Morgan fingerprint density at radius 3 is 2.94 bits per heavy atom. The van der Waals surface area contributed by atoms with E-state index in [0.29, 0.717) is 12.0 Å². The van der Waals surface area contributed by atoms with E-state index in [4.69, 9.17) is 9.84 Å². The highest BCUT2D eigenvalue weighted by atomic mass is 16.5. The molecule has 18 heavy (non-hydrogen) atoms. The summed E-state index contributed by atoms with van der Waals surface area (Å²) in [6.07, 6.45) is 3.61. The minimum absolute atomic E-state index is 0.0687. The molecule has 2 rings (SSSR count). The Balaban J connectivity index is 1.99. The van der Waals surface area contributed by atoms with Crippen LogP contribution in [0, 0.1) is 5.92 Å². The first-order chi connectivity index (χ1) is 8.66. The van der Waals surface area contributed by atoms with Crippen LogP contribution < -0.4 is 5.32 Å². The molecule has 1 aliphatic heterocycles. The van der Waals surface area contributed by atoms with E-state index in [2.05, 4.69) is 17.2 Å². The lowest BCUT2D eigenvalue weighted by Crippen LogP contribution is -2.31. The van der Waals surface area contributed by atoms with Gasteiger partial charge in [-0.1, -0.05) is 0 Å². The Hall–Kier alpha value is -1.62. The third kappa shape index (κ3) is 3.20. The van der Waals surface area contributed by atoms with Gasteiger partial charge in [-0.25, -0.2) is 9.78 Å². The summed E-state index contributed by atoms with van der Waals surface area (Å²) in [5.74, 6) is -0.433. The summed E-state index contributed by atoms with van der Waals surface area (Å²) in [5, 5.41) is 12.2. The van der Waals surface area contributed by atoms with Crippen molar-refractivity contribution < 1.29 is 14.6 Å². The average molecular weight is 250 g/mol. The smallest absolute Gasteiger partial charge is 0.354 e. The second-order valence-corrected chi connectivity index (χ2v) is 4.62. The van der Waals surface area contributed by atoms with Gasteiger partial charge in [0, 0.05) is 31.1 Å². The van der Waals surface area contributed by atoms with Crippen molar-refractivity contribution in [2.75, 3.05) is 18.5 Å². The molecule has 1 saturated heterocycles. The van der Waals surface area contributed by atoms with Crippen LogP contribution in [-0.2, 0) is 4.74 Å². The lowest BCUT2D eigenvalue weighted by Gasteiger charge is -2.29. The van der Waals surface area contributed by atoms with Gasteiger partial charge in [0.15, 0.2) is 0 Å². The van der Waals surface area contributed by atoms with Crippen LogP contribution in [0.5, 0.6) is 0 Å². The maximum absolute atomic E-state index is 10.8. The van der Waals surface area contributed by atoms with Gasteiger partial charge in [0.25, 0.3) is 0 Å². The van der Waals surface area contributed by atoms with Gasteiger partial charge >= 0.3 is 5.97 Å². The number of carbonyl (C=O) groups is 1. The van der Waals surface area contributed by atoms with E-state index in [0.717, 1.165) is 31.7 Å². The molecule has 0 bridgehead atoms. The van der Waals surface area contributed by atoms with Crippen molar-refractivity contribution >= 4 is 11.7 Å². The van der Waals surface area contributed by atoms with Crippen molar-refractivity contribution in [3.8, 4) is 0 Å². The highest BCUT2D eigenvalue weighted by Gasteiger charge is 2.20. The van der Waals surface area contributed by atoms with Crippen molar-refractivity contribution in [3.63, 3.8) is 0 Å². The molecular weight excluding hydrogens is 232 g/mol. The van der Waals surface area contributed by atoms with Crippen LogP contribution in [-0.4, -0.2) is 35.3 Å². The summed E-state index contributed by atoms with van der Waals surface area (Å²) >= 11 is 0. The lowest BCUT2D eigenvalue weighted by atomic mass is 9.93. The number of pyridine rings is 1. The molecule has 2 N–H and O–H groups in total. The van der Waals surface area contributed by atoms with Crippen molar-refractivity contribution in [2.45, 2.75) is 25.8 Å². The van der Waals surface area contributed by atoms with E-state index in [1.165, 1.54) is 6.20 Å². The number of anilines is 1. The molecule has 1 unspecified atom stereocenters. The van der Waals surface area contributed by atoms with Crippen LogP contribution in [0.25, 0.3) is 0 Å². The molecule has 1 fully saturated rings. The Morgan fingerprint density at radius 2 is 2.28 bits per heavy atom. The van der Waals surface area contributed by atoms with E-state index in [-0.39, 0.29) is 5.69 Å². The summed E-state index contributed by atoms with van der Waals surface area (Å²) in [6.45, 7) is 3.75. The number of hydrogen-bond acceptors (Lipinski definition) is 4. The Kier molecular flexibility index (Phi) is 4.15. The zero-order valence-corrected chi connectivity index (χ0v) is 10.4. The summed E-state index contributed by atoms with van der Waals surface area (Å²) in [7, 11) is 0. The van der Waals surface area contributed by atoms with Crippen LogP contribution in [0.2, 0.25) is 0 Å². The van der Waals surface area contributed by atoms with E-state index in [1.54, 1.807) is 12.1 Å².